The largest absolute Gasteiger partial charge is 0.478 e. The van der Waals surface area contributed by atoms with Gasteiger partial charge in [-0.1, -0.05) is 19.9 Å². The molecule has 0 spiro atoms. The maximum absolute atomic E-state index is 11.4. The summed E-state index contributed by atoms with van der Waals surface area (Å²) in [5.41, 5.74) is 1.76. The summed E-state index contributed by atoms with van der Waals surface area (Å²) in [6, 6.07) is 5.23. The van der Waals surface area contributed by atoms with Crippen LogP contribution in [0.3, 0.4) is 0 Å². The van der Waals surface area contributed by atoms with Gasteiger partial charge in [0.25, 0.3) is 0 Å². The Kier molecular flexibility index (Phi) is 4.39. The fraction of sp³-hybridized carbons (Fsp3) is 0.467. The highest BCUT2D eigenvalue weighted by molar-refractivity contribution is 6.01. The molecule has 0 amide bonds. The molecule has 0 saturated heterocycles. The number of carboxylic acids is 1. The number of carbonyl (C=O) groups is 1. The minimum absolute atomic E-state index is 0.296. The van der Waals surface area contributed by atoms with Gasteiger partial charge in [0.2, 0.25) is 0 Å². The predicted molar refractivity (Wildman–Crippen MR) is 77.1 cm³/mol. The second kappa shape index (κ2) is 6.05. The molecule has 0 fully saturated rings. The van der Waals surface area contributed by atoms with E-state index in [0.717, 1.165) is 17.8 Å². The van der Waals surface area contributed by atoms with E-state index in [1.165, 1.54) is 0 Å². The summed E-state index contributed by atoms with van der Waals surface area (Å²) >= 11 is 0. The molecule has 0 aliphatic heterocycles. The van der Waals surface area contributed by atoms with Crippen LogP contribution in [0.1, 0.15) is 30.0 Å². The number of benzene rings is 1. The van der Waals surface area contributed by atoms with Crippen molar-refractivity contribution in [2.24, 2.45) is 5.92 Å². The fourth-order valence-corrected chi connectivity index (χ4v) is 2.52. The third kappa shape index (κ3) is 2.67. The smallest absolute Gasteiger partial charge is 0.337 e. The van der Waals surface area contributed by atoms with Crippen LogP contribution in [0.25, 0.3) is 11.0 Å². The molecule has 0 aliphatic carbocycles. The van der Waals surface area contributed by atoms with Crippen molar-refractivity contribution in [1.29, 1.82) is 0 Å². The molecule has 0 aliphatic rings. The number of fused-ring (bicyclic) bond motifs is 1. The first-order valence-electron chi connectivity index (χ1n) is 6.78. The van der Waals surface area contributed by atoms with Crippen molar-refractivity contribution < 1.29 is 14.6 Å². The summed E-state index contributed by atoms with van der Waals surface area (Å²) < 4.78 is 7.18. The third-order valence-electron chi connectivity index (χ3n) is 3.34. The van der Waals surface area contributed by atoms with E-state index in [2.05, 4.69) is 11.9 Å². The highest BCUT2D eigenvalue weighted by Crippen LogP contribution is 2.22. The molecule has 1 atom stereocenters. The molecule has 0 bridgehead atoms. The van der Waals surface area contributed by atoms with E-state index in [1.54, 1.807) is 19.2 Å². The normalized spacial score (nSPS) is 12.8. The lowest BCUT2D eigenvalue weighted by atomic mass is 10.1. The summed E-state index contributed by atoms with van der Waals surface area (Å²) in [7, 11) is 1.67. The van der Waals surface area contributed by atoms with Crippen LogP contribution in [0.15, 0.2) is 18.2 Å². The number of aromatic nitrogens is 2. The lowest BCUT2D eigenvalue weighted by Gasteiger charge is -2.15. The van der Waals surface area contributed by atoms with Crippen molar-refractivity contribution in [3.63, 3.8) is 0 Å². The average molecular weight is 276 g/mol. The van der Waals surface area contributed by atoms with Crippen LogP contribution in [0.2, 0.25) is 0 Å². The third-order valence-corrected chi connectivity index (χ3v) is 3.34. The van der Waals surface area contributed by atoms with Gasteiger partial charge >= 0.3 is 5.97 Å². The molecule has 5 nitrogen and oxygen atoms in total. The molecule has 1 N–H and O–H groups in total. The number of carboxylic acid groups (broad SMARTS) is 1. The zero-order valence-electron chi connectivity index (χ0n) is 12.1. The zero-order valence-corrected chi connectivity index (χ0v) is 12.1. The summed E-state index contributed by atoms with van der Waals surface area (Å²) in [5, 5.41) is 9.36. The molecule has 1 aromatic heterocycles. The molecule has 0 saturated carbocycles. The molecule has 1 aromatic carbocycles. The van der Waals surface area contributed by atoms with Gasteiger partial charge < -0.3 is 14.4 Å². The van der Waals surface area contributed by atoms with Gasteiger partial charge in [-0.2, -0.15) is 0 Å². The summed E-state index contributed by atoms with van der Waals surface area (Å²) in [6.07, 6.45) is 0.771. The summed E-state index contributed by atoms with van der Waals surface area (Å²) in [6.45, 7) is 5.45. The number of nitrogens with zero attached hydrogens (tertiary/aromatic N) is 2. The quantitative estimate of drug-likeness (QED) is 0.880. The van der Waals surface area contributed by atoms with Crippen LogP contribution in [0, 0.1) is 5.92 Å². The van der Waals surface area contributed by atoms with E-state index in [9.17, 15) is 9.90 Å². The minimum Gasteiger partial charge on any atom is -0.478 e. The maximum Gasteiger partial charge on any atom is 0.337 e. The number of imidazole rings is 1. The topological polar surface area (TPSA) is 64.3 Å². The van der Waals surface area contributed by atoms with E-state index in [-0.39, 0.29) is 0 Å². The van der Waals surface area contributed by atoms with Gasteiger partial charge in [-0.05, 0) is 18.1 Å². The Labute approximate surface area is 118 Å². The van der Waals surface area contributed by atoms with Gasteiger partial charge in [0.05, 0.1) is 23.2 Å². The monoisotopic (exact) mass is 276 g/mol. The fourth-order valence-electron chi connectivity index (χ4n) is 2.52. The molecular weight excluding hydrogens is 256 g/mol. The molecular formula is C15H20N2O3. The lowest BCUT2D eigenvalue weighted by molar-refractivity contribution is 0.0698. The van der Waals surface area contributed by atoms with Crippen molar-refractivity contribution in [2.75, 3.05) is 13.7 Å². The number of methoxy groups -OCH3 is 1. The molecule has 108 valence electrons. The summed E-state index contributed by atoms with van der Waals surface area (Å²) in [5.74, 6) is 0.292. The Hall–Kier alpha value is -1.88. The highest BCUT2D eigenvalue weighted by atomic mass is 16.5. The Morgan fingerprint density at radius 2 is 2.25 bits per heavy atom. The van der Waals surface area contributed by atoms with Gasteiger partial charge in [0.1, 0.15) is 5.82 Å². The van der Waals surface area contributed by atoms with E-state index in [0.29, 0.717) is 30.1 Å². The lowest BCUT2D eigenvalue weighted by Crippen LogP contribution is -2.15. The number of aromatic carboxylic acids is 1. The number of hydrogen-bond donors (Lipinski definition) is 1. The van der Waals surface area contributed by atoms with Crippen LogP contribution in [0.4, 0.5) is 0 Å². The van der Waals surface area contributed by atoms with Crippen molar-refractivity contribution in [1.82, 2.24) is 9.55 Å². The van der Waals surface area contributed by atoms with Gasteiger partial charge in [0, 0.05) is 20.1 Å². The van der Waals surface area contributed by atoms with E-state index < -0.39 is 5.97 Å². The number of hydrogen-bond acceptors (Lipinski definition) is 3. The van der Waals surface area contributed by atoms with Crippen LogP contribution in [0.5, 0.6) is 0 Å². The number of rotatable bonds is 6. The van der Waals surface area contributed by atoms with Crippen molar-refractivity contribution in [3.05, 3.63) is 29.6 Å². The number of para-hydroxylation sites is 1. The van der Waals surface area contributed by atoms with E-state index in [4.69, 9.17) is 4.74 Å². The first kappa shape index (κ1) is 14.5. The van der Waals surface area contributed by atoms with Crippen molar-refractivity contribution in [2.45, 2.75) is 26.8 Å². The Morgan fingerprint density at radius 3 is 2.85 bits per heavy atom. The predicted octanol–water partition coefficient (Wildman–Crippen LogP) is 2.58. The SMILES string of the molecule is CCc1nc2cccc(C(=O)O)c2n1CC(C)COC. The first-order valence-corrected chi connectivity index (χ1v) is 6.78. The molecule has 2 rings (SSSR count). The van der Waals surface area contributed by atoms with Crippen LogP contribution in [-0.4, -0.2) is 34.3 Å². The van der Waals surface area contributed by atoms with Gasteiger partial charge in [0.15, 0.2) is 0 Å². The molecule has 5 heteroatoms. The van der Waals surface area contributed by atoms with Crippen LogP contribution in [-0.2, 0) is 17.7 Å². The Balaban J connectivity index is 2.57. The van der Waals surface area contributed by atoms with Crippen molar-refractivity contribution >= 4 is 17.0 Å². The molecule has 2 aromatic rings. The molecule has 20 heavy (non-hydrogen) atoms. The Bertz CT molecular complexity index is 619. The number of ether oxygens (including phenoxy) is 1. The van der Waals surface area contributed by atoms with Gasteiger partial charge in [-0.15, -0.1) is 0 Å². The van der Waals surface area contributed by atoms with E-state index in [1.807, 2.05) is 17.6 Å². The van der Waals surface area contributed by atoms with Crippen LogP contribution < -0.4 is 0 Å². The average Bonchev–Trinajstić information content (AvgIpc) is 2.76. The molecule has 1 heterocycles. The van der Waals surface area contributed by atoms with Gasteiger partial charge in [-0.3, -0.25) is 0 Å². The standard InChI is InChI=1S/C15H20N2O3/c1-4-13-16-12-7-5-6-11(15(18)19)14(12)17(13)8-10(2)9-20-3/h5-7,10H,4,8-9H2,1-3H3,(H,18,19). The number of aryl methyl sites for hydroxylation is 1. The van der Waals surface area contributed by atoms with Crippen LogP contribution >= 0.6 is 0 Å². The minimum atomic E-state index is -0.918. The summed E-state index contributed by atoms with van der Waals surface area (Å²) in [4.78, 5) is 16.0. The second-order valence-electron chi connectivity index (χ2n) is 5.03. The van der Waals surface area contributed by atoms with Gasteiger partial charge in [-0.25, -0.2) is 9.78 Å². The van der Waals surface area contributed by atoms with E-state index >= 15 is 0 Å². The second-order valence-corrected chi connectivity index (χ2v) is 5.03. The zero-order chi connectivity index (χ0) is 14.7. The molecule has 0 radical (unpaired) electrons. The first-order chi connectivity index (χ1) is 9.58. The Morgan fingerprint density at radius 1 is 1.50 bits per heavy atom. The van der Waals surface area contributed by atoms with Crippen molar-refractivity contribution in [3.8, 4) is 0 Å². The maximum atomic E-state index is 11.4. The highest BCUT2D eigenvalue weighted by Gasteiger charge is 2.18. The molecule has 1 unspecified atom stereocenters.